The Morgan fingerprint density at radius 1 is 1.64 bits per heavy atom. The summed E-state index contributed by atoms with van der Waals surface area (Å²) in [5.41, 5.74) is 5.14. The topological polar surface area (TPSA) is 89.4 Å². The van der Waals surface area contributed by atoms with Crippen LogP contribution in [0.3, 0.4) is 0 Å². The summed E-state index contributed by atoms with van der Waals surface area (Å²) in [6.45, 7) is 1.93. The maximum absolute atomic E-state index is 10.7. The first-order valence-electron chi connectivity index (χ1n) is 2.94. The maximum Gasteiger partial charge on any atom is 0.277 e. The lowest BCUT2D eigenvalue weighted by Crippen LogP contribution is -2.41. The number of rotatable bonds is 4. The monoisotopic (exact) mass is 197 g/mol. The zero-order chi connectivity index (χ0) is 9.07. The van der Waals surface area contributed by atoms with Crippen LogP contribution in [0.5, 0.6) is 0 Å². The Hall–Kier alpha value is -0.240. The molecule has 0 aromatic carbocycles. The van der Waals surface area contributed by atoms with Gasteiger partial charge in [0.1, 0.15) is 0 Å². The molecule has 11 heavy (non-hydrogen) atoms. The molecule has 0 aromatic heterocycles. The van der Waals surface area contributed by atoms with Crippen LogP contribution in [0.2, 0.25) is 0 Å². The van der Waals surface area contributed by atoms with Gasteiger partial charge in [0.25, 0.3) is 10.2 Å². The van der Waals surface area contributed by atoms with Crippen LogP contribution < -0.4 is 10.9 Å². The van der Waals surface area contributed by atoms with E-state index in [2.05, 4.69) is 12.2 Å². The van der Waals surface area contributed by atoms with Gasteiger partial charge in [0.15, 0.2) is 0 Å². The number of nitrogens with two attached hydrogens (primary N) is 2. The van der Waals surface area contributed by atoms with Crippen molar-refractivity contribution in [1.82, 2.24) is 4.31 Å². The smallest absolute Gasteiger partial charge is 0.277 e. The molecule has 0 unspecified atom stereocenters. The third-order valence-corrected chi connectivity index (χ3v) is 2.28. The van der Waals surface area contributed by atoms with E-state index in [-0.39, 0.29) is 18.1 Å². The molecule has 4 N–H and O–H groups in total. The molecule has 0 aliphatic rings. The molecular weight excluding hydrogens is 186 g/mol. The van der Waals surface area contributed by atoms with Crippen molar-refractivity contribution in [2.24, 2.45) is 10.9 Å². The minimum Gasteiger partial charge on any atom is -0.392 e. The molecule has 0 spiro atoms. The summed E-state index contributed by atoms with van der Waals surface area (Å²) in [7, 11) is -3.64. The minimum atomic E-state index is -3.64. The maximum atomic E-state index is 10.7. The predicted molar refractivity (Wildman–Crippen MR) is 47.1 cm³/mol. The van der Waals surface area contributed by atoms with E-state index in [1.165, 1.54) is 0 Å². The summed E-state index contributed by atoms with van der Waals surface area (Å²) >= 11 is 4.52. The van der Waals surface area contributed by atoms with Crippen molar-refractivity contribution in [1.29, 1.82) is 0 Å². The van der Waals surface area contributed by atoms with Gasteiger partial charge in [-0.25, -0.2) is 5.14 Å². The van der Waals surface area contributed by atoms with E-state index in [4.69, 9.17) is 10.9 Å². The molecule has 0 aromatic rings. The Bertz CT molecular complexity index is 236. The van der Waals surface area contributed by atoms with Crippen molar-refractivity contribution in [2.45, 2.75) is 6.92 Å². The summed E-state index contributed by atoms with van der Waals surface area (Å²) in [6.07, 6.45) is 0. The summed E-state index contributed by atoms with van der Waals surface area (Å²) in [5, 5.41) is 4.82. The van der Waals surface area contributed by atoms with Gasteiger partial charge in [-0.1, -0.05) is 19.1 Å². The molecule has 7 heteroatoms. The van der Waals surface area contributed by atoms with Gasteiger partial charge in [-0.15, -0.1) is 0 Å². The first kappa shape index (κ1) is 10.8. The summed E-state index contributed by atoms with van der Waals surface area (Å²) in [6, 6.07) is 0. The Labute approximate surface area is 71.5 Å². The van der Waals surface area contributed by atoms with Crippen LogP contribution in [0.4, 0.5) is 0 Å². The Morgan fingerprint density at radius 2 is 2.09 bits per heavy atom. The summed E-state index contributed by atoms with van der Waals surface area (Å²) in [4.78, 5) is 0.112. The van der Waals surface area contributed by atoms with Crippen LogP contribution in [0.25, 0.3) is 0 Å². The summed E-state index contributed by atoms with van der Waals surface area (Å²) in [5.74, 6) is 0. The molecule has 0 radical (unpaired) electrons. The third kappa shape index (κ3) is 4.25. The fourth-order valence-electron chi connectivity index (χ4n) is 0.556. The van der Waals surface area contributed by atoms with E-state index < -0.39 is 10.2 Å². The third-order valence-electron chi connectivity index (χ3n) is 1.04. The van der Waals surface area contributed by atoms with Crippen molar-refractivity contribution >= 4 is 27.4 Å². The molecule has 0 aliphatic carbocycles. The highest BCUT2D eigenvalue weighted by Gasteiger charge is 2.14. The molecule has 66 valence electrons. The SMILES string of the molecule is CCN(CC(N)=S)S(N)(=O)=O. The first-order valence-corrected chi connectivity index (χ1v) is 4.85. The average molecular weight is 197 g/mol. The molecule has 5 nitrogen and oxygen atoms in total. The highest BCUT2D eigenvalue weighted by Crippen LogP contribution is 1.92. The van der Waals surface area contributed by atoms with Gasteiger partial charge in [0, 0.05) is 6.54 Å². The Kier molecular flexibility index (Phi) is 3.87. The standard InChI is InChI=1S/C4H11N3O2S2/c1-2-7(3-4(5)10)11(6,8)9/h2-3H2,1H3,(H2,5,10)(H2,6,8,9). The van der Waals surface area contributed by atoms with Crippen LogP contribution in [0.15, 0.2) is 0 Å². The molecule has 0 rings (SSSR count). The van der Waals surface area contributed by atoms with Crippen LogP contribution >= 0.6 is 12.2 Å². The van der Waals surface area contributed by atoms with Crippen molar-refractivity contribution < 1.29 is 8.42 Å². The molecule has 0 fully saturated rings. The van der Waals surface area contributed by atoms with E-state index in [0.29, 0.717) is 0 Å². The van der Waals surface area contributed by atoms with Crippen LogP contribution in [0, 0.1) is 0 Å². The van der Waals surface area contributed by atoms with E-state index >= 15 is 0 Å². The second kappa shape index (κ2) is 3.96. The lowest BCUT2D eigenvalue weighted by Gasteiger charge is -2.15. The molecule has 0 bridgehead atoms. The molecule has 0 amide bonds. The molecule has 0 saturated carbocycles. The van der Waals surface area contributed by atoms with Crippen LogP contribution in [-0.2, 0) is 10.2 Å². The largest absolute Gasteiger partial charge is 0.392 e. The second-order valence-corrected chi connectivity index (χ2v) is 4.01. The summed E-state index contributed by atoms with van der Waals surface area (Å²) < 4.78 is 22.4. The Morgan fingerprint density at radius 3 is 2.18 bits per heavy atom. The highest BCUT2D eigenvalue weighted by atomic mass is 32.2. The van der Waals surface area contributed by atoms with Gasteiger partial charge in [0.05, 0.1) is 11.5 Å². The lowest BCUT2D eigenvalue weighted by atomic mass is 10.6. The van der Waals surface area contributed by atoms with Gasteiger partial charge >= 0.3 is 0 Å². The van der Waals surface area contributed by atoms with Crippen LogP contribution in [0.1, 0.15) is 6.92 Å². The fourth-order valence-corrected chi connectivity index (χ4v) is 1.47. The molecule has 0 atom stereocenters. The number of thiocarbonyl (C=S) groups is 1. The minimum absolute atomic E-state index is 0.00463. The lowest BCUT2D eigenvalue weighted by molar-refractivity contribution is 0.469. The normalized spacial score (nSPS) is 11.9. The zero-order valence-electron chi connectivity index (χ0n) is 6.15. The van der Waals surface area contributed by atoms with Crippen molar-refractivity contribution in [3.05, 3.63) is 0 Å². The van der Waals surface area contributed by atoms with Crippen LogP contribution in [-0.4, -0.2) is 30.8 Å². The zero-order valence-corrected chi connectivity index (χ0v) is 7.78. The molecule has 0 saturated heterocycles. The van der Waals surface area contributed by atoms with Gasteiger partial charge < -0.3 is 5.73 Å². The number of nitrogens with zero attached hydrogens (tertiary/aromatic N) is 1. The van der Waals surface area contributed by atoms with E-state index in [1.807, 2.05) is 0 Å². The molecule has 0 aliphatic heterocycles. The van der Waals surface area contributed by atoms with Gasteiger partial charge in [-0.05, 0) is 0 Å². The number of hydrogen-bond acceptors (Lipinski definition) is 3. The average Bonchev–Trinajstić information content (AvgIpc) is 1.79. The van der Waals surface area contributed by atoms with E-state index in [1.54, 1.807) is 6.92 Å². The van der Waals surface area contributed by atoms with Crippen molar-refractivity contribution in [2.75, 3.05) is 13.1 Å². The molecule has 0 heterocycles. The second-order valence-electron chi connectivity index (χ2n) is 1.94. The highest BCUT2D eigenvalue weighted by molar-refractivity contribution is 7.87. The van der Waals surface area contributed by atoms with Gasteiger partial charge in [0.2, 0.25) is 0 Å². The first-order chi connectivity index (χ1) is 4.88. The fraction of sp³-hybridized carbons (Fsp3) is 0.750. The Balaban J connectivity index is 4.31. The predicted octanol–water partition coefficient (Wildman–Crippen LogP) is -1.20. The van der Waals surface area contributed by atoms with Gasteiger partial charge in [-0.2, -0.15) is 12.7 Å². The van der Waals surface area contributed by atoms with Crippen molar-refractivity contribution in [3.63, 3.8) is 0 Å². The number of likely N-dealkylation sites (N-methyl/N-ethyl adjacent to an activating group) is 1. The van der Waals surface area contributed by atoms with Gasteiger partial charge in [-0.3, -0.25) is 0 Å². The molecular formula is C4H11N3O2S2. The van der Waals surface area contributed by atoms with Crippen molar-refractivity contribution in [3.8, 4) is 0 Å². The quantitative estimate of drug-likeness (QED) is 0.554. The number of hydrogen-bond donors (Lipinski definition) is 2. The van der Waals surface area contributed by atoms with E-state index in [0.717, 1.165) is 4.31 Å². The van der Waals surface area contributed by atoms with E-state index in [9.17, 15) is 8.42 Å².